The predicted molar refractivity (Wildman–Crippen MR) is 135 cm³/mol. The summed E-state index contributed by atoms with van der Waals surface area (Å²) in [4.78, 5) is 28.8. The Kier molecular flexibility index (Phi) is 5.63. The zero-order valence-corrected chi connectivity index (χ0v) is 19.2. The van der Waals surface area contributed by atoms with Crippen LogP contribution in [0.2, 0.25) is 0 Å². The lowest BCUT2D eigenvalue weighted by Crippen LogP contribution is -2.42. The lowest BCUT2D eigenvalue weighted by atomic mass is 9.99. The molecule has 1 aromatic carbocycles. The number of nitrogens with zero attached hydrogens (tertiary/aromatic N) is 3. The van der Waals surface area contributed by atoms with Crippen LogP contribution in [0.4, 0.5) is 4.39 Å². The number of nitrogens with one attached hydrogen (secondary N) is 3. The number of carbonyl (C=O) groups is 1. The quantitative estimate of drug-likeness (QED) is 0.305. The first-order valence-electron chi connectivity index (χ1n) is 11.7. The van der Waals surface area contributed by atoms with Gasteiger partial charge in [0.05, 0.1) is 35.8 Å². The first-order chi connectivity index (χ1) is 17.6. The highest BCUT2D eigenvalue weighted by Gasteiger charge is 2.25. The minimum absolute atomic E-state index is 0.152. The van der Waals surface area contributed by atoms with Crippen LogP contribution in [0.5, 0.6) is 0 Å². The molecule has 0 saturated carbocycles. The van der Waals surface area contributed by atoms with E-state index < -0.39 is 11.9 Å². The van der Waals surface area contributed by atoms with Crippen molar-refractivity contribution in [1.29, 1.82) is 0 Å². The van der Waals surface area contributed by atoms with E-state index in [1.165, 1.54) is 6.20 Å². The Balaban J connectivity index is 1.36. The molecule has 5 heterocycles. The number of hydrogen-bond acceptors (Lipinski definition) is 6. The first kappa shape index (κ1) is 22.3. The fourth-order valence-electron chi connectivity index (χ4n) is 4.74. The molecule has 9 heteroatoms. The summed E-state index contributed by atoms with van der Waals surface area (Å²) in [5, 5.41) is 17.4. The third-order valence-corrected chi connectivity index (χ3v) is 6.65. The number of aliphatic hydroxyl groups excluding tert-OH is 1. The molecule has 5 aromatic rings. The van der Waals surface area contributed by atoms with E-state index in [0.717, 1.165) is 28.7 Å². The SMILES string of the molecule is O=C(NC[C@H]1NCC[C@H]1O)c1ccc(-c2c(F)cnc3[nH]c4cnc(-c5cccnc5)cc4c23)cc1. The Morgan fingerprint density at radius 3 is 2.72 bits per heavy atom. The molecule has 0 spiro atoms. The van der Waals surface area contributed by atoms with Gasteiger partial charge < -0.3 is 20.7 Å². The summed E-state index contributed by atoms with van der Waals surface area (Å²) in [6.07, 6.45) is 6.55. The maximum atomic E-state index is 15.2. The second kappa shape index (κ2) is 9.10. The Hall–Kier alpha value is -4.21. The van der Waals surface area contributed by atoms with E-state index >= 15 is 4.39 Å². The fourth-order valence-corrected chi connectivity index (χ4v) is 4.74. The molecule has 1 aliphatic heterocycles. The third kappa shape index (κ3) is 3.98. The van der Waals surface area contributed by atoms with Gasteiger partial charge in [0.25, 0.3) is 5.91 Å². The monoisotopic (exact) mass is 482 g/mol. The number of hydrogen-bond donors (Lipinski definition) is 4. The van der Waals surface area contributed by atoms with Crippen LogP contribution in [0.15, 0.2) is 67.3 Å². The van der Waals surface area contributed by atoms with Crippen molar-refractivity contribution in [2.24, 2.45) is 0 Å². The number of carbonyl (C=O) groups excluding carboxylic acids is 1. The summed E-state index contributed by atoms with van der Waals surface area (Å²) in [6.45, 7) is 1.07. The van der Waals surface area contributed by atoms with Gasteiger partial charge in [0.1, 0.15) is 11.5 Å². The van der Waals surface area contributed by atoms with Gasteiger partial charge in [-0.1, -0.05) is 12.1 Å². The molecule has 36 heavy (non-hydrogen) atoms. The first-order valence-corrected chi connectivity index (χ1v) is 11.7. The second-order valence-electron chi connectivity index (χ2n) is 8.89. The number of aromatic amines is 1. The van der Waals surface area contributed by atoms with Crippen molar-refractivity contribution in [3.63, 3.8) is 0 Å². The highest BCUT2D eigenvalue weighted by molar-refractivity contribution is 6.13. The van der Waals surface area contributed by atoms with Crippen LogP contribution in [-0.4, -0.2) is 56.2 Å². The summed E-state index contributed by atoms with van der Waals surface area (Å²) in [6, 6.07) is 12.3. The minimum Gasteiger partial charge on any atom is -0.391 e. The van der Waals surface area contributed by atoms with Gasteiger partial charge in [0, 0.05) is 46.4 Å². The van der Waals surface area contributed by atoms with Gasteiger partial charge in [-0.15, -0.1) is 0 Å². The third-order valence-electron chi connectivity index (χ3n) is 6.65. The summed E-state index contributed by atoms with van der Waals surface area (Å²) in [7, 11) is 0. The van der Waals surface area contributed by atoms with E-state index in [1.807, 2.05) is 18.2 Å². The van der Waals surface area contributed by atoms with Crippen LogP contribution >= 0.6 is 0 Å². The van der Waals surface area contributed by atoms with Crippen LogP contribution in [0, 0.1) is 5.82 Å². The van der Waals surface area contributed by atoms with E-state index in [-0.39, 0.29) is 11.9 Å². The number of aliphatic hydroxyl groups is 1. The number of H-pyrrole nitrogens is 1. The Bertz CT molecular complexity index is 1570. The number of halogens is 1. The zero-order chi connectivity index (χ0) is 24.6. The highest BCUT2D eigenvalue weighted by atomic mass is 19.1. The summed E-state index contributed by atoms with van der Waals surface area (Å²) in [5.41, 5.74) is 4.37. The molecular formula is C27H23FN6O2. The summed E-state index contributed by atoms with van der Waals surface area (Å²) < 4.78 is 15.2. The molecule has 1 saturated heterocycles. The topological polar surface area (TPSA) is 116 Å². The molecule has 2 atom stereocenters. The maximum absolute atomic E-state index is 15.2. The lowest BCUT2D eigenvalue weighted by Gasteiger charge is -2.15. The number of aromatic nitrogens is 4. The minimum atomic E-state index is -0.463. The molecule has 0 radical (unpaired) electrons. The summed E-state index contributed by atoms with van der Waals surface area (Å²) in [5.74, 6) is -0.705. The molecular weight excluding hydrogens is 459 g/mol. The van der Waals surface area contributed by atoms with Crippen molar-refractivity contribution in [3.05, 3.63) is 78.6 Å². The van der Waals surface area contributed by atoms with Gasteiger partial charge in [0.2, 0.25) is 0 Å². The van der Waals surface area contributed by atoms with Crippen LogP contribution in [0.1, 0.15) is 16.8 Å². The number of fused-ring (bicyclic) bond motifs is 3. The van der Waals surface area contributed by atoms with Gasteiger partial charge in [-0.2, -0.15) is 0 Å². The van der Waals surface area contributed by atoms with Gasteiger partial charge in [-0.25, -0.2) is 9.37 Å². The van der Waals surface area contributed by atoms with Crippen LogP contribution in [0.25, 0.3) is 44.3 Å². The van der Waals surface area contributed by atoms with Gasteiger partial charge >= 0.3 is 0 Å². The number of pyridine rings is 3. The van der Waals surface area contributed by atoms with E-state index in [1.54, 1.807) is 42.9 Å². The molecule has 0 unspecified atom stereocenters. The van der Waals surface area contributed by atoms with Crippen molar-refractivity contribution in [3.8, 4) is 22.4 Å². The van der Waals surface area contributed by atoms with Crippen molar-refractivity contribution < 1.29 is 14.3 Å². The summed E-state index contributed by atoms with van der Waals surface area (Å²) >= 11 is 0. The zero-order valence-electron chi connectivity index (χ0n) is 19.2. The molecule has 6 rings (SSSR count). The Morgan fingerprint density at radius 2 is 1.97 bits per heavy atom. The second-order valence-corrected chi connectivity index (χ2v) is 8.89. The normalized spacial score (nSPS) is 17.6. The van der Waals surface area contributed by atoms with Gasteiger partial charge in [-0.05, 0) is 48.9 Å². The average Bonchev–Trinajstić information content (AvgIpc) is 3.50. The highest BCUT2D eigenvalue weighted by Crippen LogP contribution is 2.36. The van der Waals surface area contributed by atoms with Gasteiger partial charge in [-0.3, -0.25) is 14.8 Å². The molecule has 8 nitrogen and oxygen atoms in total. The lowest BCUT2D eigenvalue weighted by molar-refractivity contribution is 0.0936. The number of amides is 1. The smallest absolute Gasteiger partial charge is 0.251 e. The molecule has 1 fully saturated rings. The van der Waals surface area contributed by atoms with Crippen LogP contribution < -0.4 is 10.6 Å². The van der Waals surface area contributed by atoms with Crippen molar-refractivity contribution in [1.82, 2.24) is 30.6 Å². The van der Waals surface area contributed by atoms with Crippen molar-refractivity contribution in [2.75, 3.05) is 13.1 Å². The Morgan fingerprint density at radius 1 is 1.11 bits per heavy atom. The standard InChI is InChI=1S/C27H23FN6O2/c28-19-12-32-26-25(18-10-20(31-13-21(18)34-26)17-2-1-8-29-11-17)24(19)15-3-5-16(6-4-15)27(36)33-14-22-23(35)7-9-30-22/h1-6,8,10-13,22-23,30,35H,7,9,14H2,(H,32,34)(H,33,36)/t22-,23-/m1/s1. The molecule has 1 amide bonds. The molecule has 0 bridgehead atoms. The number of benzene rings is 1. The van der Waals surface area contributed by atoms with Crippen LogP contribution in [0.3, 0.4) is 0 Å². The largest absolute Gasteiger partial charge is 0.391 e. The molecule has 4 aromatic heterocycles. The van der Waals surface area contributed by atoms with E-state index in [9.17, 15) is 9.90 Å². The molecule has 4 N–H and O–H groups in total. The number of rotatable bonds is 5. The molecule has 0 aliphatic carbocycles. The maximum Gasteiger partial charge on any atom is 0.251 e. The van der Waals surface area contributed by atoms with E-state index in [2.05, 4.69) is 30.6 Å². The molecule has 1 aliphatic rings. The fraction of sp³-hybridized carbons (Fsp3) is 0.185. The van der Waals surface area contributed by atoms with Gasteiger partial charge in [0.15, 0.2) is 0 Å². The van der Waals surface area contributed by atoms with Crippen molar-refractivity contribution >= 4 is 27.8 Å². The van der Waals surface area contributed by atoms with Crippen LogP contribution in [-0.2, 0) is 0 Å². The van der Waals surface area contributed by atoms with E-state index in [4.69, 9.17) is 0 Å². The average molecular weight is 483 g/mol. The Labute approximate surface area is 205 Å². The van der Waals surface area contributed by atoms with Crippen molar-refractivity contribution in [2.45, 2.75) is 18.6 Å². The van der Waals surface area contributed by atoms with E-state index in [0.29, 0.717) is 40.7 Å². The predicted octanol–water partition coefficient (Wildman–Crippen LogP) is 3.43. The molecule has 180 valence electrons.